The van der Waals surface area contributed by atoms with Crippen LogP contribution in [0.15, 0.2) is 17.7 Å². The van der Waals surface area contributed by atoms with E-state index in [0.29, 0.717) is 11.1 Å². The van der Waals surface area contributed by atoms with Crippen molar-refractivity contribution < 1.29 is 8.78 Å². The minimum Gasteiger partial charge on any atom is -0.203 e. The van der Waals surface area contributed by atoms with Gasteiger partial charge in [-0.05, 0) is 74.8 Å². The number of hydrogen-bond acceptors (Lipinski definition) is 0. The van der Waals surface area contributed by atoms with Gasteiger partial charge in [0.05, 0.1) is 0 Å². The molecule has 1 saturated carbocycles. The smallest absolute Gasteiger partial charge is 0.166 e. The molecule has 2 aliphatic rings. The molecule has 0 spiro atoms. The summed E-state index contributed by atoms with van der Waals surface area (Å²) in [7, 11) is 0. The molecule has 2 heteroatoms. The van der Waals surface area contributed by atoms with E-state index in [4.69, 9.17) is 0 Å². The van der Waals surface area contributed by atoms with Gasteiger partial charge in [0, 0.05) is 5.56 Å². The van der Waals surface area contributed by atoms with Crippen molar-refractivity contribution in [2.75, 3.05) is 0 Å². The summed E-state index contributed by atoms with van der Waals surface area (Å²) in [6.07, 6.45) is 9.88. The normalized spacial score (nSPS) is 28.3. The average Bonchev–Trinajstić information content (AvgIpc) is 2.60. The highest BCUT2D eigenvalue weighted by Crippen LogP contribution is 2.44. The largest absolute Gasteiger partial charge is 0.203 e. The number of rotatable bonds is 3. The second-order valence-electron chi connectivity index (χ2n) is 8.01. The molecule has 1 unspecified atom stereocenters. The van der Waals surface area contributed by atoms with Gasteiger partial charge in [-0.3, -0.25) is 0 Å². The molecule has 0 heterocycles. The first-order chi connectivity index (χ1) is 11.5. The highest BCUT2D eigenvalue weighted by molar-refractivity contribution is 5.70. The SMILES string of the molecule is CCC1CCC(C2CCC(c3ccc(C)c(F)c3F)=C(C)C2)CC1. The van der Waals surface area contributed by atoms with Gasteiger partial charge in [0.2, 0.25) is 0 Å². The predicted octanol–water partition coefficient (Wildman–Crippen LogP) is 7.06. The molecule has 0 nitrogen and oxygen atoms in total. The summed E-state index contributed by atoms with van der Waals surface area (Å²) in [5.74, 6) is 1.16. The van der Waals surface area contributed by atoms with Gasteiger partial charge in [-0.2, -0.15) is 0 Å². The Kier molecular flexibility index (Phi) is 5.42. The Morgan fingerprint density at radius 1 is 0.917 bits per heavy atom. The number of hydrogen-bond donors (Lipinski definition) is 0. The Hall–Kier alpha value is -1.18. The first kappa shape index (κ1) is 17.6. The third-order valence-corrected chi connectivity index (χ3v) is 6.58. The van der Waals surface area contributed by atoms with Crippen LogP contribution in [-0.4, -0.2) is 0 Å². The fraction of sp³-hybridized carbons (Fsp3) is 0.636. The van der Waals surface area contributed by atoms with Crippen LogP contribution in [0.3, 0.4) is 0 Å². The van der Waals surface area contributed by atoms with Gasteiger partial charge in [0.1, 0.15) is 0 Å². The summed E-state index contributed by atoms with van der Waals surface area (Å²) < 4.78 is 28.3. The average molecular weight is 332 g/mol. The minimum absolute atomic E-state index is 0.385. The lowest BCUT2D eigenvalue weighted by atomic mass is 9.69. The Balaban J connectivity index is 1.74. The van der Waals surface area contributed by atoms with Crippen molar-refractivity contribution in [1.29, 1.82) is 0 Å². The maximum atomic E-state index is 14.3. The molecule has 24 heavy (non-hydrogen) atoms. The Labute approximate surface area is 145 Å². The van der Waals surface area contributed by atoms with E-state index in [0.717, 1.165) is 42.6 Å². The molecule has 0 saturated heterocycles. The molecule has 1 aromatic rings. The third-order valence-electron chi connectivity index (χ3n) is 6.58. The second kappa shape index (κ2) is 7.37. The molecule has 0 radical (unpaired) electrons. The number of benzene rings is 1. The van der Waals surface area contributed by atoms with E-state index < -0.39 is 11.6 Å². The van der Waals surface area contributed by atoms with Crippen molar-refractivity contribution >= 4 is 5.57 Å². The Morgan fingerprint density at radius 2 is 1.62 bits per heavy atom. The summed E-state index contributed by atoms with van der Waals surface area (Å²) in [6, 6.07) is 3.46. The number of aryl methyl sites for hydroxylation is 1. The van der Waals surface area contributed by atoms with Crippen molar-refractivity contribution in [1.82, 2.24) is 0 Å². The van der Waals surface area contributed by atoms with Crippen molar-refractivity contribution in [3.8, 4) is 0 Å². The first-order valence-corrected chi connectivity index (χ1v) is 9.64. The van der Waals surface area contributed by atoms with Gasteiger partial charge in [-0.15, -0.1) is 0 Å². The van der Waals surface area contributed by atoms with Crippen molar-refractivity contribution in [2.45, 2.75) is 72.1 Å². The summed E-state index contributed by atoms with van der Waals surface area (Å²) in [4.78, 5) is 0. The summed E-state index contributed by atoms with van der Waals surface area (Å²) in [6.45, 7) is 6.04. The molecule has 0 amide bonds. The number of halogens is 2. The van der Waals surface area contributed by atoms with Crippen LogP contribution < -0.4 is 0 Å². The Bertz CT molecular complexity index is 621. The third kappa shape index (κ3) is 3.43. The summed E-state index contributed by atoms with van der Waals surface area (Å²) >= 11 is 0. The highest BCUT2D eigenvalue weighted by atomic mass is 19.2. The molecule has 0 aromatic heterocycles. The lowest BCUT2D eigenvalue weighted by Crippen LogP contribution is -2.24. The first-order valence-electron chi connectivity index (χ1n) is 9.64. The van der Waals surface area contributed by atoms with Crippen LogP contribution in [0.1, 0.15) is 76.3 Å². The second-order valence-corrected chi connectivity index (χ2v) is 8.01. The van der Waals surface area contributed by atoms with Gasteiger partial charge in [-0.25, -0.2) is 8.78 Å². The van der Waals surface area contributed by atoms with Crippen LogP contribution in [0, 0.1) is 36.3 Å². The minimum atomic E-state index is -0.687. The van der Waals surface area contributed by atoms with Gasteiger partial charge in [-0.1, -0.05) is 43.9 Å². The fourth-order valence-corrected chi connectivity index (χ4v) is 4.88. The highest BCUT2D eigenvalue weighted by Gasteiger charge is 2.30. The van der Waals surface area contributed by atoms with Crippen molar-refractivity contribution in [3.05, 3.63) is 40.5 Å². The van der Waals surface area contributed by atoms with E-state index in [9.17, 15) is 8.78 Å². The molecule has 2 aliphatic carbocycles. The molecule has 0 aliphatic heterocycles. The van der Waals surface area contributed by atoms with Crippen LogP contribution in [0.2, 0.25) is 0 Å². The van der Waals surface area contributed by atoms with Gasteiger partial charge >= 0.3 is 0 Å². The topological polar surface area (TPSA) is 0 Å². The van der Waals surface area contributed by atoms with Crippen LogP contribution in [0.4, 0.5) is 8.78 Å². The molecule has 132 valence electrons. The lowest BCUT2D eigenvalue weighted by Gasteiger charge is -2.36. The van der Waals surface area contributed by atoms with Crippen LogP contribution in [0.25, 0.3) is 5.57 Å². The molecule has 3 rings (SSSR count). The maximum absolute atomic E-state index is 14.3. The molecular weight excluding hydrogens is 302 g/mol. The zero-order valence-electron chi connectivity index (χ0n) is 15.3. The van der Waals surface area contributed by atoms with E-state index in [-0.39, 0.29) is 0 Å². The van der Waals surface area contributed by atoms with E-state index >= 15 is 0 Å². The molecule has 0 bridgehead atoms. The van der Waals surface area contributed by atoms with E-state index in [2.05, 4.69) is 13.8 Å². The lowest BCUT2D eigenvalue weighted by molar-refractivity contribution is 0.190. The standard InChI is InChI=1S/C22H30F2/c1-4-16-6-8-17(9-7-16)18-10-12-19(15(3)13-18)20-11-5-14(2)21(23)22(20)24/h5,11,16-18H,4,6-10,12-13H2,1-3H3. The monoisotopic (exact) mass is 332 g/mol. The zero-order valence-corrected chi connectivity index (χ0v) is 15.3. The number of allylic oxidation sites excluding steroid dienone is 2. The van der Waals surface area contributed by atoms with E-state index in [1.165, 1.54) is 37.7 Å². The van der Waals surface area contributed by atoms with Crippen LogP contribution in [0.5, 0.6) is 0 Å². The zero-order chi connectivity index (χ0) is 17.3. The van der Waals surface area contributed by atoms with Gasteiger partial charge < -0.3 is 0 Å². The van der Waals surface area contributed by atoms with Crippen LogP contribution in [-0.2, 0) is 0 Å². The van der Waals surface area contributed by atoms with Crippen LogP contribution >= 0.6 is 0 Å². The fourth-order valence-electron chi connectivity index (χ4n) is 4.88. The maximum Gasteiger partial charge on any atom is 0.166 e. The van der Waals surface area contributed by atoms with Crippen molar-refractivity contribution in [2.24, 2.45) is 17.8 Å². The summed E-state index contributed by atoms with van der Waals surface area (Å²) in [5.41, 5.74) is 3.19. The Morgan fingerprint density at radius 3 is 2.25 bits per heavy atom. The predicted molar refractivity (Wildman–Crippen MR) is 96.8 cm³/mol. The van der Waals surface area contributed by atoms with E-state index in [1.807, 2.05) is 0 Å². The van der Waals surface area contributed by atoms with Crippen molar-refractivity contribution in [3.63, 3.8) is 0 Å². The molecule has 0 N–H and O–H groups in total. The van der Waals surface area contributed by atoms with E-state index in [1.54, 1.807) is 19.1 Å². The molecular formula is C22H30F2. The molecule has 1 atom stereocenters. The van der Waals surface area contributed by atoms with Gasteiger partial charge in [0.15, 0.2) is 11.6 Å². The molecule has 1 fully saturated rings. The quantitative estimate of drug-likeness (QED) is 0.555. The molecule has 1 aromatic carbocycles. The summed E-state index contributed by atoms with van der Waals surface area (Å²) in [5, 5.41) is 0. The van der Waals surface area contributed by atoms with Gasteiger partial charge in [0.25, 0.3) is 0 Å².